The topological polar surface area (TPSA) is 22.0 Å². The first-order chi connectivity index (χ1) is 10.1. The van der Waals surface area contributed by atoms with E-state index >= 15 is 0 Å². The number of carbonyl (C=O) groups excluding carboxylic acids is 1. The van der Waals surface area contributed by atoms with Crippen LogP contribution in [-0.2, 0) is 6.54 Å². The minimum absolute atomic E-state index is 0.0609. The van der Waals surface area contributed by atoms with E-state index in [4.69, 9.17) is 34.8 Å². The third-order valence-corrected chi connectivity index (χ3v) is 4.15. The number of rotatable bonds is 3. The highest BCUT2D eigenvalue weighted by atomic mass is 35.5. The molecule has 0 aliphatic heterocycles. The number of hydrogen-bond acceptors (Lipinski definition) is 1. The molecule has 106 valence electrons. The molecule has 0 radical (unpaired) electrons. The Kier molecular flexibility index (Phi) is 3.94. The number of fused-ring (bicyclic) bond motifs is 1. The van der Waals surface area contributed by atoms with Crippen molar-refractivity contribution in [3.8, 4) is 0 Å². The standard InChI is InChI=1S/C16H10Cl3NO/c17-10-7-14(19)11-5-6-20(15(11)8-10)9-16(21)12-3-1-2-4-13(12)18/h1-8H,9H2. The lowest BCUT2D eigenvalue weighted by Gasteiger charge is -2.07. The van der Waals surface area contributed by atoms with Gasteiger partial charge in [-0.25, -0.2) is 0 Å². The Morgan fingerprint density at radius 3 is 2.52 bits per heavy atom. The molecule has 0 aliphatic rings. The van der Waals surface area contributed by atoms with Crippen molar-refractivity contribution < 1.29 is 4.79 Å². The monoisotopic (exact) mass is 337 g/mol. The van der Waals surface area contributed by atoms with Gasteiger partial charge < -0.3 is 4.57 Å². The van der Waals surface area contributed by atoms with Gasteiger partial charge in [0.25, 0.3) is 0 Å². The molecular formula is C16H10Cl3NO. The van der Waals surface area contributed by atoms with E-state index in [0.29, 0.717) is 20.6 Å². The Balaban J connectivity index is 1.99. The van der Waals surface area contributed by atoms with Crippen molar-refractivity contribution in [2.24, 2.45) is 0 Å². The summed E-state index contributed by atoms with van der Waals surface area (Å²) in [6, 6.07) is 12.4. The molecule has 1 heterocycles. The zero-order valence-corrected chi connectivity index (χ0v) is 13.1. The summed E-state index contributed by atoms with van der Waals surface area (Å²) in [7, 11) is 0. The summed E-state index contributed by atoms with van der Waals surface area (Å²) in [5.74, 6) is -0.0609. The van der Waals surface area contributed by atoms with E-state index in [1.165, 1.54) is 0 Å². The van der Waals surface area contributed by atoms with Crippen molar-refractivity contribution in [2.45, 2.75) is 6.54 Å². The van der Waals surface area contributed by atoms with Crippen LogP contribution in [0.2, 0.25) is 15.1 Å². The molecule has 0 amide bonds. The smallest absolute Gasteiger partial charge is 0.183 e. The average molecular weight is 339 g/mol. The molecule has 0 spiro atoms. The lowest BCUT2D eigenvalue weighted by molar-refractivity contribution is 0.0974. The fourth-order valence-corrected chi connectivity index (χ4v) is 3.07. The fraction of sp³-hybridized carbons (Fsp3) is 0.0625. The van der Waals surface area contributed by atoms with Crippen molar-refractivity contribution in [1.82, 2.24) is 4.57 Å². The van der Waals surface area contributed by atoms with Crippen LogP contribution in [0.25, 0.3) is 10.9 Å². The maximum atomic E-state index is 12.4. The molecule has 0 atom stereocenters. The molecule has 0 aliphatic carbocycles. The highest BCUT2D eigenvalue weighted by Crippen LogP contribution is 2.29. The van der Waals surface area contributed by atoms with Gasteiger partial charge in [-0.05, 0) is 30.3 Å². The third-order valence-electron chi connectivity index (χ3n) is 3.29. The normalized spacial score (nSPS) is 11.0. The van der Waals surface area contributed by atoms with E-state index in [0.717, 1.165) is 10.9 Å². The van der Waals surface area contributed by atoms with Crippen LogP contribution in [0.3, 0.4) is 0 Å². The van der Waals surface area contributed by atoms with Crippen LogP contribution in [-0.4, -0.2) is 10.4 Å². The van der Waals surface area contributed by atoms with Gasteiger partial charge in [0.1, 0.15) is 0 Å². The summed E-state index contributed by atoms with van der Waals surface area (Å²) in [6.07, 6.45) is 1.82. The van der Waals surface area contributed by atoms with Crippen molar-refractivity contribution in [2.75, 3.05) is 0 Å². The summed E-state index contributed by atoms with van der Waals surface area (Å²) in [5, 5.41) is 2.43. The second kappa shape index (κ2) is 5.72. The van der Waals surface area contributed by atoms with Crippen molar-refractivity contribution >= 4 is 51.5 Å². The molecule has 2 nitrogen and oxygen atoms in total. The van der Waals surface area contributed by atoms with E-state index < -0.39 is 0 Å². The molecule has 1 aromatic heterocycles. The number of Topliss-reactive ketones (excluding diaryl/α,β-unsaturated/α-hetero) is 1. The molecule has 0 unspecified atom stereocenters. The second-order valence-electron chi connectivity index (χ2n) is 4.67. The van der Waals surface area contributed by atoms with Gasteiger partial charge in [0, 0.05) is 22.2 Å². The van der Waals surface area contributed by atoms with Crippen LogP contribution in [0.5, 0.6) is 0 Å². The number of ketones is 1. The summed E-state index contributed by atoms with van der Waals surface area (Å²) in [4.78, 5) is 12.4. The van der Waals surface area contributed by atoms with Gasteiger partial charge >= 0.3 is 0 Å². The number of nitrogens with zero attached hydrogens (tertiary/aromatic N) is 1. The SMILES string of the molecule is O=C(Cn1ccc2c(Cl)cc(Cl)cc21)c1ccccc1Cl. The molecular weight excluding hydrogens is 329 g/mol. The summed E-state index contributed by atoms with van der Waals surface area (Å²) in [5.41, 5.74) is 1.34. The summed E-state index contributed by atoms with van der Waals surface area (Å²) in [6.45, 7) is 0.184. The highest BCUT2D eigenvalue weighted by Gasteiger charge is 2.13. The molecule has 0 saturated carbocycles. The number of halogens is 3. The quantitative estimate of drug-likeness (QED) is 0.579. The lowest BCUT2D eigenvalue weighted by atomic mass is 10.1. The highest BCUT2D eigenvalue weighted by molar-refractivity contribution is 6.38. The van der Waals surface area contributed by atoms with Crippen molar-refractivity contribution in [3.05, 3.63) is 69.3 Å². The Hall–Kier alpha value is -1.48. The van der Waals surface area contributed by atoms with E-state index in [9.17, 15) is 4.79 Å². The molecule has 0 fully saturated rings. The van der Waals surface area contributed by atoms with Crippen molar-refractivity contribution in [3.63, 3.8) is 0 Å². The van der Waals surface area contributed by atoms with Gasteiger partial charge in [-0.1, -0.05) is 46.9 Å². The largest absolute Gasteiger partial charge is 0.340 e. The Bertz CT molecular complexity index is 839. The minimum atomic E-state index is -0.0609. The first kappa shape index (κ1) is 14.5. The zero-order valence-electron chi connectivity index (χ0n) is 10.8. The Labute approximate surface area is 136 Å². The van der Waals surface area contributed by atoms with Crippen LogP contribution in [0.15, 0.2) is 48.7 Å². The molecule has 2 aromatic carbocycles. The maximum Gasteiger partial charge on any atom is 0.183 e. The number of carbonyl (C=O) groups is 1. The van der Waals surface area contributed by atoms with Gasteiger partial charge in [-0.3, -0.25) is 4.79 Å². The Morgan fingerprint density at radius 1 is 1.00 bits per heavy atom. The minimum Gasteiger partial charge on any atom is -0.340 e. The molecule has 0 bridgehead atoms. The van der Waals surface area contributed by atoms with Crippen LogP contribution in [0.1, 0.15) is 10.4 Å². The van der Waals surface area contributed by atoms with Crippen LogP contribution < -0.4 is 0 Å². The molecule has 0 N–H and O–H groups in total. The number of hydrogen-bond donors (Lipinski definition) is 0. The van der Waals surface area contributed by atoms with Gasteiger partial charge in [0.2, 0.25) is 0 Å². The molecule has 21 heavy (non-hydrogen) atoms. The summed E-state index contributed by atoms with van der Waals surface area (Å²) >= 11 is 18.2. The lowest BCUT2D eigenvalue weighted by Crippen LogP contribution is -2.10. The van der Waals surface area contributed by atoms with Gasteiger partial charge in [-0.15, -0.1) is 0 Å². The van der Waals surface area contributed by atoms with Crippen LogP contribution in [0, 0.1) is 0 Å². The van der Waals surface area contributed by atoms with E-state index in [1.54, 1.807) is 36.4 Å². The van der Waals surface area contributed by atoms with E-state index in [-0.39, 0.29) is 12.3 Å². The average Bonchev–Trinajstić information content (AvgIpc) is 2.82. The molecule has 3 aromatic rings. The van der Waals surface area contributed by atoms with Gasteiger partial charge in [-0.2, -0.15) is 0 Å². The van der Waals surface area contributed by atoms with Gasteiger partial charge in [0.15, 0.2) is 5.78 Å². The Morgan fingerprint density at radius 2 is 1.76 bits per heavy atom. The van der Waals surface area contributed by atoms with E-state index in [2.05, 4.69) is 0 Å². The predicted octanol–water partition coefficient (Wildman–Crippen LogP) is 5.48. The zero-order chi connectivity index (χ0) is 15.0. The van der Waals surface area contributed by atoms with Crippen molar-refractivity contribution in [1.29, 1.82) is 0 Å². The van der Waals surface area contributed by atoms with E-state index in [1.807, 2.05) is 16.8 Å². The fourth-order valence-electron chi connectivity index (χ4n) is 2.28. The second-order valence-corrected chi connectivity index (χ2v) is 5.92. The predicted molar refractivity (Wildman–Crippen MR) is 87.7 cm³/mol. The first-order valence-electron chi connectivity index (χ1n) is 6.28. The molecule has 0 saturated heterocycles. The molecule has 5 heteroatoms. The third kappa shape index (κ3) is 2.80. The maximum absolute atomic E-state index is 12.4. The first-order valence-corrected chi connectivity index (χ1v) is 7.41. The number of benzene rings is 2. The number of aromatic nitrogens is 1. The van der Waals surface area contributed by atoms with Crippen LogP contribution in [0.4, 0.5) is 0 Å². The van der Waals surface area contributed by atoms with Gasteiger partial charge in [0.05, 0.1) is 22.1 Å². The summed E-state index contributed by atoms with van der Waals surface area (Å²) < 4.78 is 1.82. The van der Waals surface area contributed by atoms with Crippen LogP contribution >= 0.6 is 34.8 Å². The molecule has 3 rings (SSSR count).